The number of ether oxygens (including phenoxy) is 1. The molecule has 3 heteroatoms. The number of nitrogens with zero attached hydrogens (tertiary/aromatic N) is 1. The van der Waals surface area contributed by atoms with Crippen molar-refractivity contribution in [1.82, 2.24) is 4.90 Å². The summed E-state index contributed by atoms with van der Waals surface area (Å²) in [7, 11) is 0. The lowest BCUT2D eigenvalue weighted by Gasteiger charge is -2.30. The maximum atomic E-state index is 12.1. The van der Waals surface area contributed by atoms with Crippen LogP contribution in [-0.4, -0.2) is 35.6 Å². The topological polar surface area (TPSA) is 29.5 Å². The molecule has 0 aromatic rings. The van der Waals surface area contributed by atoms with Gasteiger partial charge in [-0.15, -0.1) is 0 Å². The molecule has 0 aromatic heterocycles. The fraction of sp³-hybridized carbons (Fsp3) is 0.929. The van der Waals surface area contributed by atoms with Gasteiger partial charge in [0.2, 0.25) is 5.91 Å². The van der Waals surface area contributed by atoms with Crippen molar-refractivity contribution in [1.29, 1.82) is 0 Å². The molecule has 0 N–H and O–H groups in total. The van der Waals surface area contributed by atoms with E-state index in [1.54, 1.807) is 0 Å². The first-order valence-electron chi connectivity index (χ1n) is 6.75. The van der Waals surface area contributed by atoms with Gasteiger partial charge in [-0.1, -0.05) is 20.3 Å². The van der Waals surface area contributed by atoms with Gasteiger partial charge in [-0.25, -0.2) is 0 Å². The summed E-state index contributed by atoms with van der Waals surface area (Å²) in [6, 6.07) is 0.303. The molecule has 0 fully saturated rings. The lowest BCUT2D eigenvalue weighted by Crippen LogP contribution is -2.42. The number of carbonyl (C=O) groups is 1. The molecule has 0 spiro atoms. The highest BCUT2D eigenvalue weighted by Gasteiger charge is 2.20. The second kappa shape index (κ2) is 7.70. The van der Waals surface area contributed by atoms with E-state index in [2.05, 4.69) is 20.8 Å². The zero-order chi connectivity index (χ0) is 13.5. The molecule has 0 aliphatic carbocycles. The molecule has 3 nitrogen and oxygen atoms in total. The van der Waals surface area contributed by atoms with Crippen LogP contribution in [0.15, 0.2) is 0 Å². The number of hydrogen-bond donors (Lipinski definition) is 0. The van der Waals surface area contributed by atoms with Gasteiger partial charge in [0.1, 0.15) is 6.61 Å². The van der Waals surface area contributed by atoms with Crippen molar-refractivity contribution in [3.05, 3.63) is 0 Å². The summed E-state index contributed by atoms with van der Waals surface area (Å²) in [6.45, 7) is 13.3. The molecular formula is C14H29NO2. The van der Waals surface area contributed by atoms with Gasteiger partial charge in [0.15, 0.2) is 0 Å². The SMILES string of the molecule is CCCCN(C(=O)COC(C)(C)C)C(C)CC. The van der Waals surface area contributed by atoms with Crippen LogP contribution >= 0.6 is 0 Å². The van der Waals surface area contributed by atoms with E-state index in [0.29, 0.717) is 6.04 Å². The monoisotopic (exact) mass is 243 g/mol. The third-order valence-electron chi connectivity index (χ3n) is 2.82. The minimum Gasteiger partial charge on any atom is -0.366 e. The average Bonchev–Trinajstić information content (AvgIpc) is 2.25. The number of amides is 1. The fourth-order valence-corrected chi connectivity index (χ4v) is 1.50. The standard InChI is InChI=1S/C14H29NO2/c1-7-9-10-15(12(3)8-2)13(16)11-17-14(4,5)6/h12H,7-11H2,1-6H3. The maximum Gasteiger partial charge on any atom is 0.248 e. The van der Waals surface area contributed by atoms with Gasteiger partial charge in [-0.05, 0) is 40.5 Å². The number of unbranched alkanes of at least 4 members (excludes halogenated alkanes) is 1. The zero-order valence-corrected chi connectivity index (χ0v) is 12.4. The molecule has 0 aliphatic heterocycles. The second-order valence-electron chi connectivity index (χ2n) is 5.60. The Kier molecular flexibility index (Phi) is 7.44. The van der Waals surface area contributed by atoms with Crippen LogP contribution in [0.4, 0.5) is 0 Å². The minimum absolute atomic E-state index is 0.114. The lowest BCUT2D eigenvalue weighted by molar-refractivity contribution is -0.143. The first-order chi connectivity index (χ1) is 7.81. The summed E-state index contributed by atoms with van der Waals surface area (Å²) in [5.41, 5.74) is -0.248. The van der Waals surface area contributed by atoms with E-state index in [-0.39, 0.29) is 18.1 Å². The van der Waals surface area contributed by atoms with Crippen LogP contribution in [0, 0.1) is 0 Å². The Morgan fingerprint density at radius 2 is 1.88 bits per heavy atom. The van der Waals surface area contributed by atoms with E-state index in [1.165, 1.54) is 0 Å². The largest absolute Gasteiger partial charge is 0.366 e. The molecule has 0 radical (unpaired) electrons. The summed E-state index contributed by atoms with van der Waals surface area (Å²) in [4.78, 5) is 14.1. The third-order valence-corrected chi connectivity index (χ3v) is 2.82. The Labute approximate surface area is 107 Å². The van der Waals surface area contributed by atoms with Crippen molar-refractivity contribution in [3.8, 4) is 0 Å². The summed E-state index contributed by atoms with van der Waals surface area (Å²) in [6.07, 6.45) is 3.16. The Morgan fingerprint density at radius 3 is 2.29 bits per heavy atom. The molecule has 0 aromatic carbocycles. The van der Waals surface area contributed by atoms with Crippen LogP contribution in [0.25, 0.3) is 0 Å². The van der Waals surface area contributed by atoms with Crippen molar-refractivity contribution in [2.75, 3.05) is 13.2 Å². The normalized spacial score (nSPS) is 13.5. The first-order valence-corrected chi connectivity index (χ1v) is 6.75. The summed E-state index contributed by atoms with van der Waals surface area (Å²) in [5.74, 6) is 0.114. The van der Waals surface area contributed by atoms with Gasteiger partial charge in [-0.3, -0.25) is 4.79 Å². The van der Waals surface area contributed by atoms with Crippen molar-refractivity contribution < 1.29 is 9.53 Å². The maximum absolute atomic E-state index is 12.1. The highest BCUT2D eigenvalue weighted by Crippen LogP contribution is 2.10. The van der Waals surface area contributed by atoms with Gasteiger partial charge in [0.05, 0.1) is 5.60 Å². The lowest BCUT2D eigenvalue weighted by atomic mass is 10.2. The van der Waals surface area contributed by atoms with Gasteiger partial charge in [-0.2, -0.15) is 0 Å². The molecule has 0 bridgehead atoms. The fourth-order valence-electron chi connectivity index (χ4n) is 1.50. The second-order valence-corrected chi connectivity index (χ2v) is 5.60. The van der Waals surface area contributed by atoms with Crippen LogP contribution in [0.1, 0.15) is 60.8 Å². The van der Waals surface area contributed by atoms with Gasteiger partial charge in [0, 0.05) is 12.6 Å². The molecule has 0 rings (SSSR count). The average molecular weight is 243 g/mol. The quantitative estimate of drug-likeness (QED) is 0.687. The van der Waals surface area contributed by atoms with Crippen LogP contribution in [0.3, 0.4) is 0 Å². The highest BCUT2D eigenvalue weighted by molar-refractivity contribution is 5.77. The molecule has 0 saturated carbocycles. The summed E-state index contributed by atoms with van der Waals surface area (Å²) < 4.78 is 5.56. The molecule has 17 heavy (non-hydrogen) atoms. The Balaban J connectivity index is 4.32. The first kappa shape index (κ1) is 16.4. The molecule has 0 heterocycles. The molecule has 0 saturated heterocycles. The predicted molar refractivity (Wildman–Crippen MR) is 72.1 cm³/mol. The number of carbonyl (C=O) groups excluding carboxylic acids is 1. The van der Waals surface area contributed by atoms with Crippen molar-refractivity contribution in [2.45, 2.75) is 72.4 Å². The van der Waals surface area contributed by atoms with Crippen LogP contribution < -0.4 is 0 Å². The number of rotatable bonds is 7. The zero-order valence-electron chi connectivity index (χ0n) is 12.4. The van der Waals surface area contributed by atoms with Crippen molar-refractivity contribution in [2.24, 2.45) is 0 Å². The molecule has 102 valence electrons. The van der Waals surface area contributed by atoms with Crippen molar-refractivity contribution >= 4 is 5.91 Å². The Hall–Kier alpha value is -0.570. The predicted octanol–water partition coefficient (Wildman–Crippen LogP) is 3.23. The van der Waals surface area contributed by atoms with E-state index >= 15 is 0 Å². The molecule has 1 unspecified atom stereocenters. The highest BCUT2D eigenvalue weighted by atomic mass is 16.5. The van der Waals surface area contributed by atoms with Gasteiger partial charge in [0.25, 0.3) is 0 Å². The minimum atomic E-state index is -0.248. The number of hydrogen-bond acceptors (Lipinski definition) is 2. The van der Waals surface area contributed by atoms with Crippen LogP contribution in [-0.2, 0) is 9.53 Å². The van der Waals surface area contributed by atoms with E-state index < -0.39 is 0 Å². The third kappa shape index (κ3) is 7.37. The van der Waals surface area contributed by atoms with E-state index in [0.717, 1.165) is 25.8 Å². The van der Waals surface area contributed by atoms with Gasteiger partial charge >= 0.3 is 0 Å². The smallest absolute Gasteiger partial charge is 0.248 e. The van der Waals surface area contributed by atoms with E-state index in [4.69, 9.17) is 4.74 Å². The molecule has 1 amide bonds. The van der Waals surface area contributed by atoms with Crippen LogP contribution in [0.5, 0.6) is 0 Å². The molecule has 0 aliphatic rings. The van der Waals surface area contributed by atoms with E-state index in [9.17, 15) is 4.79 Å². The molecule has 1 atom stereocenters. The van der Waals surface area contributed by atoms with Crippen LogP contribution in [0.2, 0.25) is 0 Å². The van der Waals surface area contributed by atoms with E-state index in [1.807, 2.05) is 25.7 Å². The summed E-state index contributed by atoms with van der Waals surface area (Å²) in [5, 5.41) is 0. The van der Waals surface area contributed by atoms with Gasteiger partial charge < -0.3 is 9.64 Å². The molecular weight excluding hydrogens is 214 g/mol. The summed E-state index contributed by atoms with van der Waals surface area (Å²) >= 11 is 0. The Morgan fingerprint density at radius 1 is 1.29 bits per heavy atom. The Bertz CT molecular complexity index is 221. The van der Waals surface area contributed by atoms with Crippen molar-refractivity contribution in [3.63, 3.8) is 0 Å².